The number of carbonyl (C=O) groups excluding carboxylic acids is 2. The number of unbranched alkanes of at least 4 members (excludes halogenated alkanes) is 40. The molecule has 0 spiro atoms. The number of quaternary nitrogens is 1. The number of rotatable bonds is 58. The molecule has 0 aliphatic heterocycles. The van der Waals surface area contributed by atoms with Gasteiger partial charge in [0.05, 0.1) is 33.8 Å². The van der Waals surface area contributed by atoms with Crippen molar-refractivity contribution in [3.8, 4) is 0 Å². The van der Waals surface area contributed by atoms with E-state index in [9.17, 15) is 19.0 Å². The maximum atomic E-state index is 13.5. The van der Waals surface area contributed by atoms with E-state index in [0.717, 1.165) is 77.0 Å². The Bertz CT molecular complexity index is 1300. The highest BCUT2D eigenvalue weighted by Gasteiger charge is 2.30. The van der Waals surface area contributed by atoms with Crippen LogP contribution < -0.4 is 5.32 Å². The molecule has 2 N–H and O–H groups in total. The lowest BCUT2D eigenvalue weighted by atomic mass is 10.0. The summed E-state index contributed by atoms with van der Waals surface area (Å²) >= 11 is 0. The van der Waals surface area contributed by atoms with Gasteiger partial charge < -0.3 is 19.4 Å². The molecule has 73 heavy (non-hydrogen) atoms. The molecule has 0 fully saturated rings. The van der Waals surface area contributed by atoms with Crippen molar-refractivity contribution in [2.45, 2.75) is 328 Å². The van der Waals surface area contributed by atoms with Gasteiger partial charge in [0.25, 0.3) is 0 Å². The van der Waals surface area contributed by atoms with Crippen LogP contribution in [0.5, 0.6) is 0 Å². The van der Waals surface area contributed by atoms with Crippen LogP contribution in [0.1, 0.15) is 316 Å². The Kier molecular flexibility index (Phi) is 52.8. The molecular weight excluding hydrogens is 928 g/mol. The molecule has 0 aliphatic carbocycles. The van der Waals surface area contributed by atoms with Crippen molar-refractivity contribution in [1.82, 2.24) is 5.32 Å². The normalized spacial score (nSPS) is 13.8. The lowest BCUT2D eigenvalue weighted by Gasteiger charge is -2.27. The number of carbonyl (C=O) groups is 2. The summed E-state index contributed by atoms with van der Waals surface area (Å²) in [6, 6.07) is -0.846. The van der Waals surface area contributed by atoms with Gasteiger partial charge in [-0.25, -0.2) is 4.57 Å². The second-order valence-corrected chi connectivity index (χ2v) is 24.4. The SMILES string of the molecule is CCCCCCCCC/C=C/CCCCCCCC(=O)NC(COP(=O)(O)OCC[N+](C)(C)C)C(/C=C/CCCCCCCCCCCC)OC(=O)CCCCCCCCCCCCCCCCCCCCC. The van der Waals surface area contributed by atoms with Gasteiger partial charge in [-0.3, -0.25) is 18.6 Å². The summed E-state index contributed by atoms with van der Waals surface area (Å²) in [5, 5.41) is 3.06. The Hall–Kier alpha value is -1.51. The van der Waals surface area contributed by atoms with Crippen LogP contribution in [0.25, 0.3) is 0 Å². The standard InChI is InChI=1S/C63H123N2O7P/c1-7-10-13-16-19-22-25-28-30-32-33-34-36-38-41-44-47-50-53-56-63(67)72-61(54-51-48-45-42-39-27-24-21-18-15-12-9-3)60(59-71-73(68,69)70-58-57-65(4,5)6)64-62(66)55-52-49-46-43-40-37-35-31-29-26-23-20-17-14-11-8-2/h31,35,51,54,60-61H,7-30,32-34,36-50,52-53,55-59H2,1-6H3,(H-,64,66,68,69)/p+1/b35-31+,54-51+. The van der Waals surface area contributed by atoms with Crippen LogP contribution in [-0.2, 0) is 27.9 Å². The van der Waals surface area contributed by atoms with Crippen LogP contribution in [0.3, 0.4) is 0 Å². The average molecular weight is 1050 g/mol. The van der Waals surface area contributed by atoms with Crippen molar-refractivity contribution >= 4 is 19.7 Å². The number of phosphoric ester groups is 1. The molecule has 0 aromatic carbocycles. The van der Waals surface area contributed by atoms with Gasteiger partial charge in [0, 0.05) is 12.8 Å². The van der Waals surface area contributed by atoms with Gasteiger partial charge in [-0.15, -0.1) is 0 Å². The molecule has 3 unspecified atom stereocenters. The number of amides is 1. The maximum absolute atomic E-state index is 13.5. The Morgan fingerprint density at radius 2 is 0.795 bits per heavy atom. The van der Waals surface area contributed by atoms with Gasteiger partial charge in [-0.2, -0.15) is 0 Å². The summed E-state index contributed by atoms with van der Waals surface area (Å²) in [5.41, 5.74) is 0. The monoisotopic (exact) mass is 1050 g/mol. The first-order valence-corrected chi connectivity index (χ1v) is 33.2. The largest absolute Gasteiger partial charge is 0.472 e. The first-order valence-electron chi connectivity index (χ1n) is 31.7. The molecule has 0 aromatic heterocycles. The smallest absolute Gasteiger partial charge is 0.456 e. The van der Waals surface area contributed by atoms with Crippen molar-refractivity contribution in [3.63, 3.8) is 0 Å². The molecule has 10 heteroatoms. The van der Waals surface area contributed by atoms with Crippen LogP contribution in [0.15, 0.2) is 24.3 Å². The summed E-state index contributed by atoms with van der Waals surface area (Å²) in [6.07, 6.45) is 63.1. The molecular formula is C63H124N2O7P+. The summed E-state index contributed by atoms with van der Waals surface area (Å²) in [7, 11) is 1.51. The number of nitrogens with zero attached hydrogens (tertiary/aromatic N) is 1. The third-order valence-corrected chi connectivity index (χ3v) is 15.4. The Morgan fingerprint density at radius 1 is 0.466 bits per heavy atom. The number of phosphoric acid groups is 1. The summed E-state index contributed by atoms with van der Waals surface area (Å²) in [5.74, 6) is -0.498. The number of hydrogen-bond acceptors (Lipinski definition) is 6. The van der Waals surface area contributed by atoms with Gasteiger partial charge in [-0.05, 0) is 57.4 Å². The molecule has 0 saturated carbocycles. The van der Waals surface area contributed by atoms with Crippen molar-refractivity contribution in [2.24, 2.45) is 0 Å². The average Bonchev–Trinajstić information content (AvgIpc) is 3.35. The van der Waals surface area contributed by atoms with E-state index in [4.69, 9.17) is 13.8 Å². The van der Waals surface area contributed by atoms with E-state index in [2.05, 4.69) is 38.2 Å². The Balaban J connectivity index is 5.21. The highest BCUT2D eigenvalue weighted by molar-refractivity contribution is 7.47. The molecule has 0 rings (SSSR count). The van der Waals surface area contributed by atoms with Crippen molar-refractivity contribution in [2.75, 3.05) is 40.9 Å². The number of nitrogens with one attached hydrogen (secondary N) is 1. The van der Waals surface area contributed by atoms with Gasteiger partial charge in [0.15, 0.2) is 0 Å². The fraction of sp³-hybridized carbons (Fsp3) is 0.905. The minimum Gasteiger partial charge on any atom is -0.456 e. The number of ether oxygens (including phenoxy) is 1. The predicted molar refractivity (Wildman–Crippen MR) is 314 cm³/mol. The van der Waals surface area contributed by atoms with Crippen LogP contribution in [0.2, 0.25) is 0 Å². The minimum atomic E-state index is -4.44. The summed E-state index contributed by atoms with van der Waals surface area (Å²) in [4.78, 5) is 37.7. The number of allylic oxidation sites excluding steroid dienone is 3. The van der Waals surface area contributed by atoms with E-state index in [1.165, 1.54) is 205 Å². The topological polar surface area (TPSA) is 111 Å². The van der Waals surface area contributed by atoms with Crippen LogP contribution >= 0.6 is 7.82 Å². The molecule has 432 valence electrons. The van der Waals surface area contributed by atoms with Gasteiger partial charge in [-0.1, -0.05) is 270 Å². The Morgan fingerprint density at radius 3 is 1.16 bits per heavy atom. The van der Waals surface area contributed by atoms with Crippen LogP contribution in [-0.4, -0.2) is 74.3 Å². The molecule has 0 saturated heterocycles. The van der Waals surface area contributed by atoms with E-state index in [1.807, 2.05) is 33.3 Å². The third-order valence-electron chi connectivity index (χ3n) is 14.4. The number of likely N-dealkylation sites (N-methyl/N-ethyl adjacent to an activating group) is 1. The highest BCUT2D eigenvalue weighted by Crippen LogP contribution is 2.43. The van der Waals surface area contributed by atoms with Crippen LogP contribution in [0.4, 0.5) is 0 Å². The van der Waals surface area contributed by atoms with E-state index in [-0.39, 0.29) is 25.1 Å². The lowest BCUT2D eigenvalue weighted by molar-refractivity contribution is -0.870. The quantitative estimate of drug-likeness (QED) is 0.0205. The zero-order valence-electron chi connectivity index (χ0n) is 49.4. The molecule has 0 radical (unpaired) electrons. The van der Waals surface area contributed by atoms with Crippen molar-refractivity contribution < 1.29 is 37.3 Å². The summed E-state index contributed by atoms with van der Waals surface area (Å²) in [6.45, 7) is 7.05. The minimum absolute atomic E-state index is 0.0421. The molecule has 1 amide bonds. The summed E-state index contributed by atoms with van der Waals surface area (Å²) < 4.78 is 30.7. The van der Waals surface area contributed by atoms with E-state index >= 15 is 0 Å². The van der Waals surface area contributed by atoms with Gasteiger partial charge >= 0.3 is 13.8 Å². The van der Waals surface area contributed by atoms with Crippen molar-refractivity contribution in [1.29, 1.82) is 0 Å². The number of hydrogen-bond donors (Lipinski definition) is 2. The van der Waals surface area contributed by atoms with E-state index < -0.39 is 20.0 Å². The van der Waals surface area contributed by atoms with E-state index in [1.54, 1.807) is 0 Å². The fourth-order valence-corrected chi connectivity index (χ4v) is 10.2. The molecule has 0 aliphatic rings. The van der Waals surface area contributed by atoms with Crippen molar-refractivity contribution in [3.05, 3.63) is 24.3 Å². The maximum Gasteiger partial charge on any atom is 0.472 e. The molecule has 9 nitrogen and oxygen atoms in total. The number of esters is 1. The lowest BCUT2D eigenvalue weighted by Crippen LogP contribution is -2.47. The second-order valence-electron chi connectivity index (χ2n) is 22.9. The highest BCUT2D eigenvalue weighted by atomic mass is 31.2. The van der Waals surface area contributed by atoms with E-state index in [0.29, 0.717) is 23.9 Å². The first kappa shape index (κ1) is 71.5. The van der Waals surface area contributed by atoms with Crippen LogP contribution in [0, 0.1) is 0 Å². The fourth-order valence-electron chi connectivity index (χ4n) is 9.47. The Labute approximate surface area is 454 Å². The second kappa shape index (κ2) is 53.9. The van der Waals surface area contributed by atoms with Gasteiger partial charge in [0.2, 0.25) is 5.91 Å². The molecule has 0 bridgehead atoms. The molecule has 0 heterocycles. The zero-order chi connectivity index (χ0) is 53.6. The molecule has 0 aromatic rings. The van der Waals surface area contributed by atoms with Gasteiger partial charge in [0.1, 0.15) is 19.3 Å². The third kappa shape index (κ3) is 55.1. The molecule has 3 atom stereocenters. The first-order chi connectivity index (χ1) is 35.4. The zero-order valence-corrected chi connectivity index (χ0v) is 50.3. The predicted octanol–water partition coefficient (Wildman–Crippen LogP) is 19.3.